The standard InChI is InChI=1S/C17H19FN2O3S/c1-2-20-24(22,23)15-9-7-14(8-10-15)17(21)19-12-11-13-5-3-4-6-16(13)18/h3-10,20H,2,11-12H2,1H3,(H,19,21). The Kier molecular flexibility index (Phi) is 6.05. The summed E-state index contributed by atoms with van der Waals surface area (Å²) >= 11 is 0. The van der Waals surface area contributed by atoms with Crippen molar-refractivity contribution < 1.29 is 17.6 Å². The molecule has 7 heteroatoms. The van der Waals surface area contributed by atoms with Crippen LogP contribution < -0.4 is 10.0 Å². The monoisotopic (exact) mass is 350 g/mol. The minimum absolute atomic E-state index is 0.104. The predicted molar refractivity (Wildman–Crippen MR) is 89.7 cm³/mol. The molecule has 0 aliphatic rings. The molecule has 0 radical (unpaired) electrons. The van der Waals surface area contributed by atoms with E-state index in [1.54, 1.807) is 25.1 Å². The zero-order valence-electron chi connectivity index (χ0n) is 13.3. The van der Waals surface area contributed by atoms with Crippen molar-refractivity contribution in [3.8, 4) is 0 Å². The van der Waals surface area contributed by atoms with Crippen LogP contribution in [0.4, 0.5) is 4.39 Å². The van der Waals surface area contributed by atoms with Crippen LogP contribution in [-0.4, -0.2) is 27.4 Å². The summed E-state index contributed by atoms with van der Waals surface area (Å²) in [5.41, 5.74) is 0.879. The van der Waals surface area contributed by atoms with Crippen molar-refractivity contribution in [3.63, 3.8) is 0 Å². The highest BCUT2D eigenvalue weighted by Gasteiger charge is 2.13. The maximum absolute atomic E-state index is 13.5. The lowest BCUT2D eigenvalue weighted by atomic mass is 10.1. The molecule has 0 aliphatic heterocycles. The summed E-state index contributed by atoms with van der Waals surface area (Å²) in [6.45, 7) is 2.27. The quantitative estimate of drug-likeness (QED) is 0.803. The van der Waals surface area contributed by atoms with Crippen LogP contribution in [-0.2, 0) is 16.4 Å². The predicted octanol–water partition coefficient (Wildman–Crippen LogP) is 2.10. The third kappa shape index (κ3) is 4.62. The number of nitrogens with one attached hydrogen (secondary N) is 2. The third-order valence-electron chi connectivity index (χ3n) is 3.40. The fourth-order valence-electron chi connectivity index (χ4n) is 2.17. The average molecular weight is 350 g/mol. The van der Waals surface area contributed by atoms with Crippen LogP contribution in [0.2, 0.25) is 0 Å². The molecule has 2 aromatic rings. The zero-order valence-corrected chi connectivity index (χ0v) is 14.1. The molecule has 128 valence electrons. The largest absolute Gasteiger partial charge is 0.352 e. The number of sulfonamides is 1. The molecule has 0 heterocycles. The summed E-state index contributed by atoms with van der Waals surface area (Å²) in [4.78, 5) is 12.1. The summed E-state index contributed by atoms with van der Waals surface area (Å²) in [7, 11) is -3.53. The highest BCUT2D eigenvalue weighted by molar-refractivity contribution is 7.89. The molecule has 0 fully saturated rings. The lowest BCUT2D eigenvalue weighted by Gasteiger charge is -2.08. The Morgan fingerprint density at radius 2 is 1.75 bits per heavy atom. The van der Waals surface area contributed by atoms with E-state index in [1.165, 1.54) is 30.3 Å². The van der Waals surface area contributed by atoms with Gasteiger partial charge < -0.3 is 5.32 Å². The fraction of sp³-hybridized carbons (Fsp3) is 0.235. The first kappa shape index (κ1) is 18.1. The summed E-state index contributed by atoms with van der Waals surface area (Å²) in [6, 6.07) is 12.0. The van der Waals surface area contributed by atoms with Crippen LogP contribution in [0, 0.1) is 5.82 Å². The van der Waals surface area contributed by atoms with Gasteiger partial charge in [-0.2, -0.15) is 0 Å². The van der Waals surface area contributed by atoms with Crippen molar-refractivity contribution in [1.29, 1.82) is 0 Å². The smallest absolute Gasteiger partial charge is 0.251 e. The van der Waals surface area contributed by atoms with Gasteiger partial charge >= 0.3 is 0 Å². The van der Waals surface area contributed by atoms with E-state index in [9.17, 15) is 17.6 Å². The molecule has 5 nitrogen and oxygen atoms in total. The molecule has 0 aliphatic carbocycles. The Morgan fingerprint density at radius 1 is 1.08 bits per heavy atom. The SMILES string of the molecule is CCNS(=O)(=O)c1ccc(C(=O)NCCc2ccccc2F)cc1. The summed E-state index contributed by atoms with van der Waals surface area (Å²) in [6.07, 6.45) is 0.380. The van der Waals surface area contributed by atoms with E-state index >= 15 is 0 Å². The minimum Gasteiger partial charge on any atom is -0.352 e. The molecule has 2 rings (SSSR count). The normalized spacial score (nSPS) is 11.2. The zero-order chi connectivity index (χ0) is 17.6. The number of hydrogen-bond acceptors (Lipinski definition) is 3. The van der Waals surface area contributed by atoms with Gasteiger partial charge in [0.2, 0.25) is 10.0 Å². The van der Waals surface area contributed by atoms with Crippen LogP contribution >= 0.6 is 0 Å². The van der Waals surface area contributed by atoms with Crippen LogP contribution in [0.1, 0.15) is 22.8 Å². The van der Waals surface area contributed by atoms with Crippen LogP contribution in [0.25, 0.3) is 0 Å². The number of rotatable bonds is 7. The third-order valence-corrected chi connectivity index (χ3v) is 4.96. The minimum atomic E-state index is -3.53. The van der Waals surface area contributed by atoms with Crippen molar-refractivity contribution in [2.24, 2.45) is 0 Å². The van der Waals surface area contributed by atoms with E-state index in [1.807, 2.05) is 0 Å². The molecule has 0 saturated heterocycles. The number of carbonyl (C=O) groups excluding carboxylic acids is 1. The Balaban J connectivity index is 1.95. The van der Waals surface area contributed by atoms with Gasteiger partial charge in [-0.05, 0) is 42.3 Å². The van der Waals surface area contributed by atoms with Gasteiger partial charge in [0, 0.05) is 18.7 Å². The summed E-state index contributed by atoms with van der Waals surface area (Å²) in [5.74, 6) is -0.636. The molecule has 0 bridgehead atoms. The van der Waals surface area contributed by atoms with Crippen molar-refractivity contribution in [1.82, 2.24) is 10.0 Å². The Morgan fingerprint density at radius 3 is 2.38 bits per heavy atom. The first-order valence-corrected chi connectivity index (χ1v) is 9.03. The van der Waals surface area contributed by atoms with E-state index in [4.69, 9.17) is 0 Å². The molecule has 1 amide bonds. The topological polar surface area (TPSA) is 75.3 Å². The van der Waals surface area contributed by atoms with Crippen LogP contribution in [0.15, 0.2) is 53.4 Å². The summed E-state index contributed by atoms with van der Waals surface area (Å²) in [5, 5.41) is 2.69. The van der Waals surface area contributed by atoms with E-state index in [0.717, 1.165) is 0 Å². The second kappa shape index (κ2) is 8.03. The molecular weight excluding hydrogens is 331 g/mol. The molecule has 2 aromatic carbocycles. The lowest BCUT2D eigenvalue weighted by Crippen LogP contribution is -2.26. The van der Waals surface area contributed by atoms with Gasteiger partial charge in [-0.1, -0.05) is 25.1 Å². The van der Waals surface area contributed by atoms with E-state index in [2.05, 4.69) is 10.0 Å². The van der Waals surface area contributed by atoms with Gasteiger partial charge in [0.25, 0.3) is 5.91 Å². The molecule has 0 atom stereocenters. The van der Waals surface area contributed by atoms with E-state index in [-0.39, 0.29) is 23.2 Å². The highest BCUT2D eigenvalue weighted by atomic mass is 32.2. The number of hydrogen-bond donors (Lipinski definition) is 2. The van der Waals surface area contributed by atoms with Gasteiger partial charge in [-0.15, -0.1) is 0 Å². The van der Waals surface area contributed by atoms with E-state index in [0.29, 0.717) is 24.1 Å². The van der Waals surface area contributed by atoms with Gasteiger partial charge in [0.05, 0.1) is 4.90 Å². The molecule has 2 N–H and O–H groups in total. The van der Waals surface area contributed by atoms with Crippen molar-refractivity contribution >= 4 is 15.9 Å². The molecule has 0 saturated carbocycles. The van der Waals surface area contributed by atoms with Crippen LogP contribution in [0.5, 0.6) is 0 Å². The Bertz CT molecular complexity index is 805. The Hall–Kier alpha value is -2.25. The number of halogens is 1. The van der Waals surface area contributed by atoms with Gasteiger partial charge in [-0.25, -0.2) is 17.5 Å². The first-order valence-electron chi connectivity index (χ1n) is 7.55. The maximum atomic E-state index is 13.5. The molecule has 0 unspecified atom stereocenters. The van der Waals surface area contributed by atoms with Crippen molar-refractivity contribution in [2.75, 3.05) is 13.1 Å². The number of carbonyl (C=O) groups is 1. The van der Waals surface area contributed by atoms with Crippen molar-refractivity contribution in [2.45, 2.75) is 18.2 Å². The number of amides is 1. The fourth-order valence-corrected chi connectivity index (χ4v) is 3.21. The molecular formula is C17H19FN2O3S. The molecule has 24 heavy (non-hydrogen) atoms. The first-order chi connectivity index (χ1) is 11.4. The molecule has 0 aromatic heterocycles. The average Bonchev–Trinajstić information content (AvgIpc) is 2.56. The second-order valence-corrected chi connectivity index (χ2v) is 6.89. The van der Waals surface area contributed by atoms with Crippen LogP contribution in [0.3, 0.4) is 0 Å². The van der Waals surface area contributed by atoms with E-state index < -0.39 is 10.0 Å². The molecule has 0 spiro atoms. The number of benzene rings is 2. The summed E-state index contributed by atoms with van der Waals surface area (Å²) < 4.78 is 39.5. The highest BCUT2D eigenvalue weighted by Crippen LogP contribution is 2.11. The second-order valence-electron chi connectivity index (χ2n) is 5.12. The van der Waals surface area contributed by atoms with Gasteiger partial charge in [0.1, 0.15) is 5.82 Å². The lowest BCUT2D eigenvalue weighted by molar-refractivity contribution is 0.0954. The van der Waals surface area contributed by atoms with Gasteiger partial charge in [-0.3, -0.25) is 4.79 Å². The Labute approximate surface area is 141 Å². The van der Waals surface area contributed by atoms with Crippen molar-refractivity contribution in [3.05, 3.63) is 65.5 Å². The van der Waals surface area contributed by atoms with Gasteiger partial charge in [0.15, 0.2) is 0 Å². The maximum Gasteiger partial charge on any atom is 0.251 e.